The molecule has 1 aromatic heterocycles. The van der Waals surface area contributed by atoms with E-state index in [1.165, 1.54) is 12.1 Å². The van der Waals surface area contributed by atoms with Crippen LogP contribution < -0.4 is 10.5 Å². The molecule has 96 valence electrons. The summed E-state index contributed by atoms with van der Waals surface area (Å²) in [6.07, 6.45) is 0. The van der Waals surface area contributed by atoms with Crippen LogP contribution in [0.2, 0.25) is 0 Å². The molecule has 0 aliphatic rings. The van der Waals surface area contributed by atoms with Crippen LogP contribution in [0.5, 0.6) is 5.75 Å². The Morgan fingerprint density at radius 2 is 2.22 bits per heavy atom. The first-order chi connectivity index (χ1) is 8.45. The Balaban J connectivity index is 2.01. The summed E-state index contributed by atoms with van der Waals surface area (Å²) >= 11 is 0. The monoisotopic (exact) mass is 251 g/mol. The van der Waals surface area contributed by atoms with Gasteiger partial charge in [-0.3, -0.25) is 0 Å². The van der Waals surface area contributed by atoms with E-state index < -0.39 is 5.54 Å². The lowest BCUT2D eigenvalue weighted by Crippen LogP contribution is -2.30. The zero-order chi connectivity index (χ0) is 13.2. The fraction of sp³-hybridized carbons (Fsp3) is 0.333. The third-order valence-corrected chi connectivity index (χ3v) is 2.20. The van der Waals surface area contributed by atoms with Crippen LogP contribution in [0.3, 0.4) is 0 Å². The summed E-state index contributed by atoms with van der Waals surface area (Å²) in [5.41, 5.74) is 5.16. The maximum Gasteiger partial charge on any atom is 0.264 e. The van der Waals surface area contributed by atoms with E-state index in [-0.39, 0.29) is 12.4 Å². The summed E-state index contributed by atoms with van der Waals surface area (Å²) in [6, 6.07) is 5.83. The number of hydrogen-bond acceptors (Lipinski definition) is 5. The van der Waals surface area contributed by atoms with Gasteiger partial charge in [0.05, 0.1) is 5.54 Å². The molecule has 0 aliphatic heterocycles. The second-order valence-electron chi connectivity index (χ2n) is 4.48. The van der Waals surface area contributed by atoms with Gasteiger partial charge in [-0.15, -0.1) is 0 Å². The van der Waals surface area contributed by atoms with Gasteiger partial charge in [-0.1, -0.05) is 11.2 Å². The van der Waals surface area contributed by atoms with Gasteiger partial charge in [0.15, 0.2) is 12.4 Å². The zero-order valence-corrected chi connectivity index (χ0v) is 10.2. The van der Waals surface area contributed by atoms with Crippen LogP contribution >= 0.6 is 0 Å². The number of rotatable bonds is 4. The topological polar surface area (TPSA) is 74.2 Å². The summed E-state index contributed by atoms with van der Waals surface area (Å²) < 4.78 is 23.2. The lowest BCUT2D eigenvalue weighted by Gasteiger charge is -2.11. The van der Waals surface area contributed by atoms with Crippen molar-refractivity contribution >= 4 is 0 Å². The molecule has 0 saturated carbocycles. The number of hydrogen-bond donors (Lipinski definition) is 1. The van der Waals surface area contributed by atoms with Crippen molar-refractivity contribution in [1.29, 1.82) is 0 Å². The number of halogens is 1. The molecule has 0 atom stereocenters. The third-order valence-electron chi connectivity index (χ3n) is 2.20. The Labute approximate surface area is 104 Å². The maximum atomic E-state index is 12.9. The molecule has 18 heavy (non-hydrogen) atoms. The van der Waals surface area contributed by atoms with E-state index in [0.29, 0.717) is 17.5 Å². The largest absolute Gasteiger partial charge is 0.484 e. The Bertz CT molecular complexity index is 534. The van der Waals surface area contributed by atoms with E-state index in [0.717, 1.165) is 0 Å². The van der Waals surface area contributed by atoms with Gasteiger partial charge in [0.1, 0.15) is 11.6 Å². The summed E-state index contributed by atoms with van der Waals surface area (Å²) in [6.45, 7) is 3.62. The van der Waals surface area contributed by atoms with Gasteiger partial charge in [0, 0.05) is 6.07 Å². The highest BCUT2D eigenvalue weighted by Gasteiger charge is 2.21. The molecule has 5 nitrogen and oxygen atoms in total. The summed E-state index contributed by atoms with van der Waals surface area (Å²) in [5, 5.41) is 3.75. The van der Waals surface area contributed by atoms with E-state index in [2.05, 4.69) is 10.1 Å². The molecular formula is C12H14FN3O2. The Hall–Kier alpha value is -1.95. The molecule has 0 saturated heterocycles. The van der Waals surface area contributed by atoms with Gasteiger partial charge in [-0.25, -0.2) is 4.39 Å². The highest BCUT2D eigenvalue weighted by atomic mass is 19.1. The van der Waals surface area contributed by atoms with Crippen molar-refractivity contribution in [2.45, 2.75) is 26.0 Å². The van der Waals surface area contributed by atoms with Crippen molar-refractivity contribution in [2.24, 2.45) is 5.73 Å². The number of ether oxygens (including phenoxy) is 1. The van der Waals surface area contributed by atoms with Gasteiger partial charge in [-0.2, -0.15) is 4.98 Å². The van der Waals surface area contributed by atoms with Gasteiger partial charge < -0.3 is 15.0 Å². The minimum absolute atomic E-state index is 0.0759. The first kappa shape index (κ1) is 12.5. The molecule has 0 spiro atoms. The predicted octanol–water partition coefficient (Wildman–Crippen LogP) is 1.98. The van der Waals surface area contributed by atoms with Crippen LogP contribution in [0.15, 0.2) is 28.8 Å². The predicted molar refractivity (Wildman–Crippen MR) is 62.2 cm³/mol. The maximum absolute atomic E-state index is 12.9. The van der Waals surface area contributed by atoms with E-state index in [4.69, 9.17) is 15.0 Å². The van der Waals surface area contributed by atoms with Gasteiger partial charge in [-0.05, 0) is 26.0 Å². The molecular weight excluding hydrogens is 237 g/mol. The van der Waals surface area contributed by atoms with Gasteiger partial charge in [0.25, 0.3) is 5.89 Å². The van der Waals surface area contributed by atoms with Crippen molar-refractivity contribution in [3.05, 3.63) is 41.8 Å². The fourth-order valence-corrected chi connectivity index (χ4v) is 1.28. The van der Waals surface area contributed by atoms with Crippen molar-refractivity contribution < 1.29 is 13.7 Å². The number of nitrogens with two attached hydrogens (primary N) is 1. The highest BCUT2D eigenvalue weighted by Crippen LogP contribution is 2.16. The first-order valence-electron chi connectivity index (χ1n) is 5.45. The molecule has 0 fully saturated rings. The Morgan fingerprint density at radius 1 is 1.44 bits per heavy atom. The molecule has 1 heterocycles. The fourth-order valence-electron chi connectivity index (χ4n) is 1.28. The van der Waals surface area contributed by atoms with Crippen LogP contribution in [0.1, 0.15) is 25.6 Å². The normalized spacial score (nSPS) is 11.6. The Morgan fingerprint density at radius 3 is 2.83 bits per heavy atom. The summed E-state index contributed by atoms with van der Waals surface area (Å²) in [5.74, 6) is 0.747. The van der Waals surface area contributed by atoms with Crippen LogP contribution in [-0.4, -0.2) is 10.1 Å². The van der Waals surface area contributed by atoms with Crippen LogP contribution in [-0.2, 0) is 12.1 Å². The quantitative estimate of drug-likeness (QED) is 0.899. The standard InChI is InChI=1S/C12H14FN3O2/c1-12(2,14)11-15-10(18-16-11)7-17-9-5-3-4-8(13)6-9/h3-6H,7,14H2,1-2H3. The molecule has 2 aromatic rings. The average molecular weight is 251 g/mol. The SMILES string of the molecule is CC(C)(N)c1noc(COc2cccc(F)c2)n1. The van der Waals surface area contributed by atoms with Crippen molar-refractivity contribution in [3.63, 3.8) is 0 Å². The minimum Gasteiger partial charge on any atom is -0.484 e. The minimum atomic E-state index is -0.666. The molecule has 2 rings (SSSR count). The highest BCUT2D eigenvalue weighted by molar-refractivity contribution is 5.22. The molecule has 1 aromatic carbocycles. The molecule has 0 aliphatic carbocycles. The number of aromatic nitrogens is 2. The van der Waals surface area contributed by atoms with Crippen molar-refractivity contribution in [2.75, 3.05) is 0 Å². The molecule has 6 heteroatoms. The lowest BCUT2D eigenvalue weighted by molar-refractivity contribution is 0.241. The van der Waals surface area contributed by atoms with E-state index in [1.807, 2.05) is 0 Å². The van der Waals surface area contributed by atoms with E-state index in [9.17, 15) is 4.39 Å². The van der Waals surface area contributed by atoms with Crippen LogP contribution in [0.25, 0.3) is 0 Å². The molecule has 2 N–H and O–H groups in total. The molecule has 0 radical (unpaired) electrons. The first-order valence-corrected chi connectivity index (χ1v) is 5.45. The zero-order valence-electron chi connectivity index (χ0n) is 10.2. The van der Waals surface area contributed by atoms with E-state index >= 15 is 0 Å². The molecule has 0 amide bonds. The van der Waals surface area contributed by atoms with Crippen LogP contribution in [0, 0.1) is 5.82 Å². The van der Waals surface area contributed by atoms with Gasteiger partial charge >= 0.3 is 0 Å². The molecule has 0 bridgehead atoms. The number of nitrogens with zero attached hydrogens (tertiary/aromatic N) is 2. The number of benzene rings is 1. The van der Waals surface area contributed by atoms with Gasteiger partial charge in [0.2, 0.25) is 0 Å². The third kappa shape index (κ3) is 3.04. The molecule has 0 unspecified atom stereocenters. The van der Waals surface area contributed by atoms with Crippen molar-refractivity contribution in [1.82, 2.24) is 10.1 Å². The second kappa shape index (κ2) is 4.73. The Kier molecular flexibility index (Phi) is 3.29. The van der Waals surface area contributed by atoms with Crippen molar-refractivity contribution in [3.8, 4) is 5.75 Å². The summed E-state index contributed by atoms with van der Waals surface area (Å²) in [7, 11) is 0. The average Bonchev–Trinajstić information content (AvgIpc) is 2.74. The smallest absolute Gasteiger partial charge is 0.264 e. The summed E-state index contributed by atoms with van der Waals surface area (Å²) in [4.78, 5) is 4.10. The lowest BCUT2D eigenvalue weighted by atomic mass is 10.1. The van der Waals surface area contributed by atoms with E-state index in [1.54, 1.807) is 26.0 Å². The van der Waals surface area contributed by atoms with Crippen LogP contribution in [0.4, 0.5) is 4.39 Å². The second-order valence-corrected chi connectivity index (χ2v) is 4.48.